The van der Waals surface area contributed by atoms with Gasteiger partial charge in [0.15, 0.2) is 0 Å². The predicted octanol–water partition coefficient (Wildman–Crippen LogP) is 4.98. The Morgan fingerprint density at radius 3 is 2.08 bits per heavy atom. The fourth-order valence-electron chi connectivity index (χ4n) is 3.77. The van der Waals surface area contributed by atoms with Gasteiger partial charge >= 0.3 is 0 Å². The van der Waals surface area contributed by atoms with Gasteiger partial charge in [-0.3, -0.25) is 14.7 Å². The van der Waals surface area contributed by atoms with Crippen LogP contribution in [-0.2, 0) is 27.4 Å². The van der Waals surface area contributed by atoms with E-state index in [1.54, 1.807) is 43.3 Å². The summed E-state index contributed by atoms with van der Waals surface area (Å²) in [6.45, 7) is 3.65. The molecule has 39 heavy (non-hydrogen) atoms. The molecule has 8 nitrogen and oxygen atoms in total. The zero-order valence-electron chi connectivity index (χ0n) is 21.5. The minimum absolute atomic E-state index is 0.0470. The van der Waals surface area contributed by atoms with Crippen LogP contribution >= 0.6 is 0 Å². The summed E-state index contributed by atoms with van der Waals surface area (Å²) < 4.78 is 37.7. The van der Waals surface area contributed by atoms with Crippen molar-refractivity contribution in [2.45, 2.75) is 32.9 Å². The molecule has 0 saturated carbocycles. The van der Waals surface area contributed by atoms with E-state index in [2.05, 4.69) is 20.8 Å². The zero-order valence-corrected chi connectivity index (χ0v) is 21.5. The van der Waals surface area contributed by atoms with Gasteiger partial charge < -0.3 is 20.1 Å². The normalized spacial score (nSPS) is 11.6. The number of aromatic nitrogens is 2. The fourth-order valence-corrected chi connectivity index (χ4v) is 3.77. The third-order valence-electron chi connectivity index (χ3n) is 5.91. The van der Waals surface area contributed by atoms with E-state index in [0.29, 0.717) is 22.9 Å². The Morgan fingerprint density at radius 1 is 0.897 bits per heavy atom. The topological polar surface area (TPSA) is 105 Å². The van der Waals surface area contributed by atoms with Gasteiger partial charge in [0.2, 0.25) is 11.8 Å². The average molecular weight is 535 g/mol. The number of benzene rings is 3. The van der Waals surface area contributed by atoms with E-state index in [1.165, 1.54) is 36.4 Å². The van der Waals surface area contributed by atoms with Crippen LogP contribution in [0.3, 0.4) is 0 Å². The van der Waals surface area contributed by atoms with Crippen molar-refractivity contribution >= 4 is 17.5 Å². The lowest BCUT2D eigenvalue weighted by atomic mass is 10.1. The van der Waals surface area contributed by atoms with Gasteiger partial charge in [0, 0.05) is 16.9 Å². The van der Waals surface area contributed by atoms with Gasteiger partial charge in [-0.15, -0.1) is 0 Å². The van der Waals surface area contributed by atoms with E-state index in [1.807, 2.05) is 6.92 Å². The lowest BCUT2D eigenvalue weighted by Crippen LogP contribution is -2.47. The highest BCUT2D eigenvalue weighted by atomic mass is 19.1. The third-order valence-corrected chi connectivity index (χ3v) is 5.91. The second kappa shape index (κ2) is 12.8. The largest absolute Gasteiger partial charge is 0.457 e. The number of aromatic amines is 1. The predicted molar refractivity (Wildman–Crippen MR) is 141 cm³/mol. The molecule has 1 aromatic heterocycles. The molecule has 1 heterocycles. The highest BCUT2D eigenvalue weighted by Crippen LogP contribution is 2.23. The monoisotopic (exact) mass is 534 g/mol. The summed E-state index contributed by atoms with van der Waals surface area (Å²) in [4.78, 5) is 26.0. The van der Waals surface area contributed by atoms with Gasteiger partial charge in [0.1, 0.15) is 29.2 Å². The van der Waals surface area contributed by atoms with Crippen LogP contribution in [0.5, 0.6) is 11.5 Å². The van der Waals surface area contributed by atoms with Gasteiger partial charge in [-0.05, 0) is 80.1 Å². The van der Waals surface area contributed by atoms with E-state index >= 15 is 0 Å². The maximum absolute atomic E-state index is 13.2. The van der Waals surface area contributed by atoms with E-state index in [9.17, 15) is 18.4 Å². The Kier molecular flexibility index (Phi) is 9.01. The highest BCUT2D eigenvalue weighted by molar-refractivity contribution is 5.97. The Hall–Kier alpha value is -4.57. The number of H-pyrrole nitrogens is 1. The van der Waals surface area contributed by atoms with Gasteiger partial charge in [0.05, 0.1) is 25.3 Å². The maximum atomic E-state index is 13.2. The number of hydrogen-bond acceptors (Lipinski definition) is 5. The molecule has 4 rings (SSSR count). The van der Waals surface area contributed by atoms with E-state index in [-0.39, 0.29) is 37.2 Å². The first-order valence-electron chi connectivity index (χ1n) is 12.2. The van der Waals surface area contributed by atoms with Gasteiger partial charge in [-0.25, -0.2) is 8.78 Å². The first kappa shape index (κ1) is 27.5. The standard InChI is InChI=1S/C29H28F2N4O4/c1-18-26(19(2)35-34-18)15-28(36)33-27(17-38-16-20-3-5-21(30)6-4-20)29(37)32-23-9-13-25(14-10-23)39-24-11-7-22(31)8-12-24/h3-14,27H,15-17H2,1-2H3,(H,32,37)(H,33,36)(H,34,35). The highest BCUT2D eigenvalue weighted by Gasteiger charge is 2.23. The molecule has 0 fully saturated rings. The molecular formula is C29H28F2N4O4. The molecule has 0 aliphatic carbocycles. The number of nitrogens with zero attached hydrogens (tertiary/aromatic N) is 1. The number of nitrogens with one attached hydrogen (secondary N) is 3. The van der Waals surface area contributed by atoms with Crippen LogP contribution in [0.25, 0.3) is 0 Å². The molecule has 3 N–H and O–H groups in total. The number of carbonyl (C=O) groups is 2. The average Bonchev–Trinajstić information content (AvgIpc) is 3.23. The number of hydrogen-bond donors (Lipinski definition) is 3. The molecule has 1 atom stereocenters. The van der Waals surface area contributed by atoms with Crippen LogP contribution < -0.4 is 15.4 Å². The summed E-state index contributed by atoms with van der Waals surface area (Å²) in [6.07, 6.45) is 0.0470. The summed E-state index contributed by atoms with van der Waals surface area (Å²) in [5.74, 6) is -0.595. The molecule has 3 aromatic carbocycles. The molecule has 0 bridgehead atoms. The smallest absolute Gasteiger partial charge is 0.249 e. The zero-order chi connectivity index (χ0) is 27.8. The van der Waals surface area contributed by atoms with Crippen LogP contribution in [-0.4, -0.2) is 34.7 Å². The van der Waals surface area contributed by atoms with E-state index in [0.717, 1.165) is 16.8 Å². The van der Waals surface area contributed by atoms with Crippen LogP contribution in [0, 0.1) is 25.5 Å². The Bertz CT molecular complexity index is 1390. The number of rotatable bonds is 11. The number of ether oxygens (including phenoxy) is 2. The number of anilines is 1. The van der Waals surface area contributed by atoms with Crippen LogP contribution in [0.4, 0.5) is 14.5 Å². The molecule has 2 amide bonds. The quantitative estimate of drug-likeness (QED) is 0.252. The molecule has 1 unspecified atom stereocenters. The van der Waals surface area contributed by atoms with Gasteiger partial charge in [-0.1, -0.05) is 12.1 Å². The first-order valence-corrected chi connectivity index (χ1v) is 12.2. The minimum Gasteiger partial charge on any atom is -0.457 e. The molecule has 0 aliphatic heterocycles. The molecule has 10 heteroatoms. The summed E-state index contributed by atoms with van der Waals surface area (Å²) in [6, 6.07) is 17.0. The molecule has 0 radical (unpaired) electrons. The van der Waals surface area contributed by atoms with Crippen molar-refractivity contribution in [3.8, 4) is 11.5 Å². The van der Waals surface area contributed by atoms with Crippen molar-refractivity contribution in [3.05, 3.63) is 107 Å². The summed E-state index contributed by atoms with van der Waals surface area (Å²) in [5.41, 5.74) is 3.45. The Morgan fingerprint density at radius 2 is 1.49 bits per heavy atom. The lowest BCUT2D eigenvalue weighted by Gasteiger charge is -2.19. The second-order valence-corrected chi connectivity index (χ2v) is 8.92. The molecule has 0 saturated heterocycles. The summed E-state index contributed by atoms with van der Waals surface area (Å²) in [5, 5.41) is 12.5. The van der Waals surface area contributed by atoms with Crippen molar-refractivity contribution in [3.63, 3.8) is 0 Å². The van der Waals surface area contributed by atoms with E-state index in [4.69, 9.17) is 9.47 Å². The van der Waals surface area contributed by atoms with Crippen molar-refractivity contribution in [1.29, 1.82) is 0 Å². The second-order valence-electron chi connectivity index (χ2n) is 8.92. The van der Waals surface area contributed by atoms with E-state index < -0.39 is 11.9 Å². The van der Waals surface area contributed by atoms with Crippen LogP contribution in [0.2, 0.25) is 0 Å². The van der Waals surface area contributed by atoms with Crippen molar-refractivity contribution in [2.24, 2.45) is 0 Å². The number of amides is 2. The lowest BCUT2D eigenvalue weighted by molar-refractivity contribution is -0.127. The summed E-state index contributed by atoms with van der Waals surface area (Å²) in [7, 11) is 0. The number of carbonyl (C=O) groups excluding carboxylic acids is 2. The number of aryl methyl sites for hydroxylation is 2. The molecule has 4 aromatic rings. The molecule has 0 aliphatic rings. The van der Waals surface area contributed by atoms with Crippen molar-refractivity contribution in [2.75, 3.05) is 11.9 Å². The number of halogens is 2. The van der Waals surface area contributed by atoms with Crippen LogP contribution in [0.1, 0.15) is 22.5 Å². The van der Waals surface area contributed by atoms with Crippen molar-refractivity contribution < 1.29 is 27.8 Å². The van der Waals surface area contributed by atoms with Crippen molar-refractivity contribution in [1.82, 2.24) is 15.5 Å². The Balaban J connectivity index is 1.39. The maximum Gasteiger partial charge on any atom is 0.249 e. The molecular weight excluding hydrogens is 506 g/mol. The molecule has 202 valence electrons. The Labute approximate surface area is 224 Å². The summed E-state index contributed by atoms with van der Waals surface area (Å²) >= 11 is 0. The molecule has 0 spiro atoms. The minimum atomic E-state index is -0.999. The first-order chi connectivity index (χ1) is 18.8. The van der Waals surface area contributed by atoms with Gasteiger partial charge in [-0.2, -0.15) is 5.10 Å². The SMILES string of the molecule is Cc1n[nH]c(C)c1CC(=O)NC(COCc1ccc(F)cc1)C(=O)Nc1ccc(Oc2ccc(F)cc2)cc1. The fraction of sp³-hybridized carbons (Fsp3) is 0.207. The van der Waals surface area contributed by atoms with Gasteiger partial charge in [0.25, 0.3) is 0 Å². The third kappa shape index (κ3) is 7.96. The van der Waals surface area contributed by atoms with Crippen LogP contribution in [0.15, 0.2) is 72.8 Å².